The molecule has 0 saturated carbocycles. The minimum Gasteiger partial charge on any atom is -0.852 e. The summed E-state index contributed by atoms with van der Waals surface area (Å²) in [5.74, 6) is 0. The van der Waals surface area contributed by atoms with Crippen molar-refractivity contribution in [2.24, 2.45) is 0 Å². The molecule has 0 bridgehead atoms. The van der Waals surface area contributed by atoms with Gasteiger partial charge in [-0.1, -0.05) is 20.3 Å². The Bertz CT molecular complexity index is 25.7. The smallest absolute Gasteiger partial charge is 0.852 e. The summed E-state index contributed by atoms with van der Waals surface area (Å²) in [7, 11) is 0. The molecule has 7 heavy (non-hydrogen) atoms. The molecule has 0 rings (SSSR count). The van der Waals surface area contributed by atoms with Gasteiger partial charge in [0.15, 0.2) is 0 Å². The molecule has 0 N–H and O–H groups in total. The monoisotopic (exact) mass is 135 g/mol. The molecule has 0 spiro atoms. The van der Waals surface area contributed by atoms with Gasteiger partial charge in [-0.2, -0.15) is 0 Å². The SMILES string of the molecule is CCC(C)[O-].[K+].[Na]. The topological polar surface area (TPSA) is 23.1 Å². The standard InChI is InChI=1S/C4H9O.K.Na/c1-3-4(2)5;;/h4H,3H2,1-2H3;;/q-1;+1;. The third-order valence-electron chi connectivity index (χ3n) is 0.575. The van der Waals surface area contributed by atoms with Crippen LogP contribution in [-0.4, -0.2) is 35.7 Å². The Balaban J connectivity index is -0.0000000800. The fourth-order valence-corrected chi connectivity index (χ4v) is 0. The minimum atomic E-state index is -0.366. The Morgan fingerprint density at radius 1 is 1.57 bits per heavy atom. The zero-order valence-electron chi connectivity index (χ0n) is 5.69. The van der Waals surface area contributed by atoms with Gasteiger partial charge in [-0.3, -0.25) is 0 Å². The van der Waals surface area contributed by atoms with E-state index in [1.165, 1.54) is 0 Å². The molecule has 0 fully saturated rings. The van der Waals surface area contributed by atoms with Crippen LogP contribution in [0.5, 0.6) is 0 Å². The quantitative estimate of drug-likeness (QED) is 0.347. The first-order valence-electron chi connectivity index (χ1n) is 1.93. The van der Waals surface area contributed by atoms with Crippen molar-refractivity contribution in [2.45, 2.75) is 26.4 Å². The summed E-state index contributed by atoms with van der Waals surface area (Å²) in [5.41, 5.74) is 0. The van der Waals surface area contributed by atoms with Crippen LogP contribution in [0.2, 0.25) is 0 Å². The van der Waals surface area contributed by atoms with E-state index < -0.39 is 0 Å². The zero-order chi connectivity index (χ0) is 4.28. The second kappa shape index (κ2) is 11.4. The van der Waals surface area contributed by atoms with E-state index in [1.54, 1.807) is 6.92 Å². The number of hydrogen-bond acceptors (Lipinski definition) is 1. The van der Waals surface area contributed by atoms with Crippen LogP contribution in [0.25, 0.3) is 0 Å². The molecule has 0 heterocycles. The molecule has 33 valence electrons. The van der Waals surface area contributed by atoms with Gasteiger partial charge in [0, 0.05) is 29.6 Å². The predicted octanol–water partition coefficient (Wildman–Crippen LogP) is -3.23. The van der Waals surface area contributed by atoms with Crippen LogP contribution >= 0.6 is 0 Å². The van der Waals surface area contributed by atoms with Gasteiger partial charge in [-0.25, -0.2) is 0 Å². The second-order valence-electron chi connectivity index (χ2n) is 1.22. The fourth-order valence-electron chi connectivity index (χ4n) is 0. The van der Waals surface area contributed by atoms with E-state index in [0.29, 0.717) is 0 Å². The van der Waals surface area contributed by atoms with Crippen LogP contribution in [0.4, 0.5) is 0 Å². The third kappa shape index (κ3) is 17.7. The molecule has 1 atom stereocenters. The molecule has 1 radical (unpaired) electrons. The Kier molecular flexibility index (Phi) is 26.5. The van der Waals surface area contributed by atoms with Gasteiger partial charge in [-0.05, 0) is 0 Å². The van der Waals surface area contributed by atoms with Gasteiger partial charge >= 0.3 is 51.4 Å². The molecule has 3 heteroatoms. The summed E-state index contributed by atoms with van der Waals surface area (Å²) < 4.78 is 0. The van der Waals surface area contributed by atoms with E-state index in [2.05, 4.69) is 0 Å². The van der Waals surface area contributed by atoms with Crippen molar-refractivity contribution >= 4 is 29.6 Å². The maximum Gasteiger partial charge on any atom is 1.00 e. The van der Waals surface area contributed by atoms with Crippen molar-refractivity contribution < 1.29 is 56.5 Å². The zero-order valence-corrected chi connectivity index (χ0v) is 10.8. The van der Waals surface area contributed by atoms with E-state index in [4.69, 9.17) is 0 Å². The van der Waals surface area contributed by atoms with Crippen LogP contribution < -0.4 is 56.5 Å². The summed E-state index contributed by atoms with van der Waals surface area (Å²) >= 11 is 0. The Labute approximate surface area is 110 Å². The second-order valence-corrected chi connectivity index (χ2v) is 1.22. The first-order valence-corrected chi connectivity index (χ1v) is 1.93. The largest absolute Gasteiger partial charge is 1.00 e. The number of rotatable bonds is 1. The minimum absolute atomic E-state index is 0. The van der Waals surface area contributed by atoms with Crippen LogP contribution in [0.15, 0.2) is 0 Å². The van der Waals surface area contributed by atoms with E-state index in [-0.39, 0.29) is 87.0 Å². The van der Waals surface area contributed by atoms with E-state index in [1.807, 2.05) is 6.92 Å². The van der Waals surface area contributed by atoms with Gasteiger partial charge in [0.05, 0.1) is 0 Å². The van der Waals surface area contributed by atoms with Crippen molar-refractivity contribution in [1.82, 2.24) is 0 Å². The maximum atomic E-state index is 9.90. The predicted molar refractivity (Wildman–Crippen MR) is 25.5 cm³/mol. The first kappa shape index (κ1) is 16.3. The van der Waals surface area contributed by atoms with Crippen LogP contribution in [0.3, 0.4) is 0 Å². The molecule has 0 aromatic carbocycles. The average molecular weight is 135 g/mol. The van der Waals surface area contributed by atoms with E-state index >= 15 is 0 Å². The molecule has 0 amide bonds. The van der Waals surface area contributed by atoms with Gasteiger partial charge in [0.1, 0.15) is 0 Å². The average Bonchev–Trinajstić information content (AvgIpc) is 1.38. The van der Waals surface area contributed by atoms with E-state index in [0.717, 1.165) is 6.42 Å². The Hall–Kier alpha value is 2.60. The van der Waals surface area contributed by atoms with Gasteiger partial charge in [0.2, 0.25) is 0 Å². The van der Waals surface area contributed by atoms with Crippen molar-refractivity contribution in [2.75, 3.05) is 0 Å². The maximum absolute atomic E-state index is 9.90. The van der Waals surface area contributed by atoms with Gasteiger partial charge in [-0.15, -0.1) is 6.10 Å². The van der Waals surface area contributed by atoms with Gasteiger partial charge in [0.25, 0.3) is 0 Å². The molecule has 0 aliphatic heterocycles. The molecule has 0 aromatic rings. The van der Waals surface area contributed by atoms with Crippen molar-refractivity contribution in [3.8, 4) is 0 Å². The summed E-state index contributed by atoms with van der Waals surface area (Å²) in [6.07, 6.45) is 0.384. The van der Waals surface area contributed by atoms with Crippen molar-refractivity contribution in [3.63, 3.8) is 0 Å². The molecule has 1 unspecified atom stereocenters. The Morgan fingerprint density at radius 2 is 1.71 bits per heavy atom. The summed E-state index contributed by atoms with van der Waals surface area (Å²) in [6.45, 7) is 3.55. The normalized spacial score (nSPS) is 10.7. The van der Waals surface area contributed by atoms with Crippen LogP contribution in [0, 0.1) is 0 Å². The van der Waals surface area contributed by atoms with Crippen molar-refractivity contribution in [1.29, 1.82) is 0 Å². The van der Waals surface area contributed by atoms with Gasteiger partial charge < -0.3 is 5.11 Å². The van der Waals surface area contributed by atoms with Crippen LogP contribution in [-0.2, 0) is 0 Å². The molecule has 0 aromatic heterocycles. The number of hydrogen-bond donors (Lipinski definition) is 0. The summed E-state index contributed by atoms with van der Waals surface area (Å²) in [4.78, 5) is 0. The molecule has 0 saturated heterocycles. The fraction of sp³-hybridized carbons (Fsp3) is 1.00. The molecule has 0 aliphatic carbocycles. The van der Waals surface area contributed by atoms with E-state index in [9.17, 15) is 5.11 Å². The summed E-state index contributed by atoms with van der Waals surface area (Å²) in [6, 6.07) is 0. The van der Waals surface area contributed by atoms with Crippen LogP contribution in [0.1, 0.15) is 20.3 Å². The molecular weight excluding hydrogens is 126 g/mol. The summed E-state index contributed by atoms with van der Waals surface area (Å²) in [5, 5.41) is 9.90. The molecular formula is C4H9KNaO. The third-order valence-corrected chi connectivity index (χ3v) is 0.575. The molecule has 0 aliphatic rings. The first-order chi connectivity index (χ1) is 2.27. The molecule has 1 nitrogen and oxygen atoms in total. The van der Waals surface area contributed by atoms with Crippen molar-refractivity contribution in [3.05, 3.63) is 0 Å². The Morgan fingerprint density at radius 3 is 1.71 bits per heavy atom.